The quantitative estimate of drug-likeness (QED) is 0.547. The van der Waals surface area contributed by atoms with Gasteiger partial charge in [-0.2, -0.15) is 0 Å². The molecule has 1 aromatic carbocycles. The molecule has 5 heteroatoms. The molecule has 25 heavy (non-hydrogen) atoms. The van der Waals surface area contributed by atoms with E-state index >= 15 is 0 Å². The number of halogens is 2. The summed E-state index contributed by atoms with van der Waals surface area (Å²) in [6.45, 7) is 4.88. The van der Waals surface area contributed by atoms with Crippen LogP contribution in [0.4, 0.5) is 0 Å². The van der Waals surface area contributed by atoms with Gasteiger partial charge in [0, 0.05) is 15.7 Å². The molecule has 0 spiro atoms. The predicted molar refractivity (Wildman–Crippen MR) is 102 cm³/mol. The van der Waals surface area contributed by atoms with E-state index in [0.717, 1.165) is 0 Å². The van der Waals surface area contributed by atoms with Gasteiger partial charge in [0.05, 0.1) is 0 Å². The van der Waals surface area contributed by atoms with Gasteiger partial charge in [-0.25, -0.2) is 0 Å². The Balaban J connectivity index is 0.000000252. The summed E-state index contributed by atoms with van der Waals surface area (Å²) in [5.74, 6) is 0.695. The first kappa shape index (κ1) is 23.0. The molecule has 0 aromatic heterocycles. The molecule has 1 aromatic rings. The summed E-state index contributed by atoms with van der Waals surface area (Å²) < 4.78 is 1.80. The first-order valence-corrected chi connectivity index (χ1v) is 16.2. The zero-order chi connectivity index (χ0) is 16.1. The standard InChI is InChI=1S/C13H10S.C5H5.C2H6Si.2ClH.Zr/c1-2-5-10(6-3-1)13-9-11-7-4-8-12(11)14-13;1-2-4-5-3-1;1-3-2;;;/h1-9,11H;1-3H,4H2;1-2H3;2*1H;/q;;;;;+2/p-2. The Morgan fingerprint density at radius 2 is 1.80 bits per heavy atom. The second-order valence-electron chi connectivity index (χ2n) is 5.93. The number of hydrogen-bond acceptors (Lipinski definition) is 1. The summed E-state index contributed by atoms with van der Waals surface area (Å²) in [5.41, 5.74) is 1.33. The maximum Gasteiger partial charge on any atom is -1.00 e. The smallest absolute Gasteiger partial charge is 1.00 e. The van der Waals surface area contributed by atoms with Crippen molar-refractivity contribution in [2.24, 2.45) is 5.92 Å². The van der Waals surface area contributed by atoms with E-state index in [1.54, 1.807) is 3.28 Å². The molecular weight excluding hydrogens is 463 g/mol. The van der Waals surface area contributed by atoms with Gasteiger partial charge in [0.15, 0.2) is 0 Å². The molecule has 1 radical (unpaired) electrons. The average molecular weight is 484 g/mol. The van der Waals surface area contributed by atoms with Crippen LogP contribution in [0.1, 0.15) is 12.0 Å². The van der Waals surface area contributed by atoms with E-state index in [9.17, 15) is 0 Å². The minimum Gasteiger partial charge on any atom is -1.00 e. The number of benzene rings is 1. The minimum absolute atomic E-state index is 0. The molecule has 1 heterocycles. The third kappa shape index (κ3) is 6.88. The van der Waals surface area contributed by atoms with E-state index in [2.05, 4.69) is 86.0 Å². The molecule has 1 aliphatic heterocycles. The first-order chi connectivity index (χ1) is 11.2. The van der Waals surface area contributed by atoms with E-state index in [1.165, 1.54) is 21.8 Å². The number of fused-ring (bicyclic) bond motifs is 1. The van der Waals surface area contributed by atoms with Gasteiger partial charge in [-0.3, -0.25) is 0 Å². The van der Waals surface area contributed by atoms with Crippen LogP contribution in [0.5, 0.6) is 0 Å². The van der Waals surface area contributed by atoms with Crippen LogP contribution < -0.4 is 24.8 Å². The molecule has 129 valence electrons. The molecule has 0 N–H and O–H groups in total. The minimum atomic E-state index is -0.0345. The third-order valence-corrected chi connectivity index (χ3v) is 12.7. The van der Waals surface area contributed by atoms with Gasteiger partial charge in [-0.1, -0.05) is 66.4 Å². The molecule has 0 amide bonds. The van der Waals surface area contributed by atoms with Crippen LogP contribution in [-0.2, 0) is 22.4 Å². The van der Waals surface area contributed by atoms with Crippen molar-refractivity contribution in [2.75, 3.05) is 0 Å². The molecule has 4 rings (SSSR count). The molecule has 0 nitrogen and oxygen atoms in total. The van der Waals surface area contributed by atoms with Crippen LogP contribution in [0.15, 0.2) is 81.1 Å². The monoisotopic (exact) mass is 481 g/mol. The Morgan fingerprint density at radius 1 is 1.04 bits per heavy atom. The van der Waals surface area contributed by atoms with Crippen molar-refractivity contribution in [3.8, 4) is 0 Å². The van der Waals surface area contributed by atoms with Crippen molar-refractivity contribution >= 4 is 22.6 Å². The van der Waals surface area contributed by atoms with Crippen LogP contribution in [0.3, 0.4) is 0 Å². The molecule has 1 unspecified atom stereocenters. The summed E-state index contributed by atoms with van der Waals surface area (Å²) in [7, 11) is 0. The molecule has 0 saturated heterocycles. The number of rotatable bonds is 3. The normalized spacial score (nSPS) is 18.8. The second-order valence-corrected chi connectivity index (χ2v) is 20.1. The zero-order valence-electron chi connectivity index (χ0n) is 14.4. The van der Waals surface area contributed by atoms with E-state index in [1.807, 2.05) is 11.8 Å². The van der Waals surface area contributed by atoms with E-state index in [-0.39, 0.29) is 53.1 Å². The van der Waals surface area contributed by atoms with Crippen molar-refractivity contribution in [1.82, 2.24) is 0 Å². The second kappa shape index (κ2) is 11.6. The summed E-state index contributed by atoms with van der Waals surface area (Å²) in [5, 5.41) is 0. The first-order valence-electron chi connectivity index (χ1n) is 7.99. The molecule has 3 aliphatic rings. The maximum absolute atomic E-state index is 2.44. The fourth-order valence-electron chi connectivity index (χ4n) is 2.66. The van der Waals surface area contributed by atoms with Gasteiger partial charge in [0.2, 0.25) is 0 Å². The Morgan fingerprint density at radius 3 is 2.40 bits per heavy atom. The van der Waals surface area contributed by atoms with Crippen molar-refractivity contribution in [2.45, 2.75) is 19.5 Å². The van der Waals surface area contributed by atoms with E-state index < -0.39 is 0 Å². The van der Waals surface area contributed by atoms with Crippen molar-refractivity contribution in [3.63, 3.8) is 0 Å². The van der Waals surface area contributed by atoms with E-state index in [0.29, 0.717) is 5.92 Å². The molecule has 0 saturated carbocycles. The Bertz CT molecular complexity index is 706. The fraction of sp³-hybridized carbons (Fsp3) is 0.200. The molecule has 0 bridgehead atoms. The molecule has 1 atom stereocenters. The van der Waals surface area contributed by atoms with Gasteiger partial charge in [0.1, 0.15) is 0 Å². The molecule has 2 aliphatic carbocycles. The Hall–Kier alpha value is -0.0500. The van der Waals surface area contributed by atoms with Crippen molar-refractivity contribution in [1.29, 1.82) is 0 Å². The SMILES string of the molecule is C1=CC2C=C(c3ccccc3)SC2=C1.C[Si](C)[Zr+2][C]1=CC=CC1.[Cl-].[Cl-]. The number of allylic oxidation sites excluding steroid dienone is 9. The van der Waals surface area contributed by atoms with Crippen LogP contribution >= 0.6 is 11.8 Å². The van der Waals surface area contributed by atoms with Crippen LogP contribution in [0.25, 0.3) is 4.91 Å². The Kier molecular flexibility index (Phi) is 10.7. The molecule has 0 fully saturated rings. The summed E-state index contributed by atoms with van der Waals surface area (Å²) >= 11 is 1.86. The predicted octanol–water partition coefficient (Wildman–Crippen LogP) is 0.0160. The fourth-order valence-corrected chi connectivity index (χ4v) is 11.3. The largest absolute Gasteiger partial charge is 1.00 e. The summed E-state index contributed by atoms with van der Waals surface area (Å²) in [6.07, 6.45) is 17.1. The van der Waals surface area contributed by atoms with E-state index in [4.69, 9.17) is 0 Å². The topological polar surface area (TPSA) is 0 Å². The van der Waals surface area contributed by atoms with Gasteiger partial charge < -0.3 is 24.8 Å². The van der Waals surface area contributed by atoms with Crippen LogP contribution in [0.2, 0.25) is 13.1 Å². The summed E-state index contributed by atoms with van der Waals surface area (Å²) in [4.78, 5) is 2.86. The average Bonchev–Trinajstić information content (AvgIpc) is 3.24. The maximum atomic E-state index is 2.44. The third-order valence-electron chi connectivity index (χ3n) is 3.71. The van der Waals surface area contributed by atoms with Crippen LogP contribution in [-0.4, -0.2) is 5.92 Å². The van der Waals surface area contributed by atoms with Gasteiger partial charge in [-0.15, -0.1) is 0 Å². The number of hydrogen-bond donors (Lipinski definition) is 0. The summed E-state index contributed by atoms with van der Waals surface area (Å²) in [6, 6.07) is 10.6. The zero-order valence-corrected chi connectivity index (χ0v) is 20.2. The van der Waals surface area contributed by atoms with Gasteiger partial charge >= 0.3 is 69.3 Å². The number of thioether (sulfide) groups is 1. The van der Waals surface area contributed by atoms with Crippen molar-refractivity contribution < 1.29 is 47.2 Å². The molecular formula is C20H21Cl2SSiZr. The van der Waals surface area contributed by atoms with Crippen LogP contribution in [0, 0.1) is 5.92 Å². The Labute approximate surface area is 180 Å². The van der Waals surface area contributed by atoms with Crippen molar-refractivity contribution in [3.05, 3.63) is 86.6 Å². The van der Waals surface area contributed by atoms with Gasteiger partial charge in [-0.05, 0) is 5.56 Å². The van der Waals surface area contributed by atoms with Gasteiger partial charge in [0.25, 0.3) is 0 Å².